The molecule has 3 atom stereocenters. The third-order valence-corrected chi connectivity index (χ3v) is 5.31. The largest absolute Gasteiger partial charge is 0.480 e. The van der Waals surface area contributed by atoms with Crippen LogP contribution in [-0.4, -0.2) is 16.6 Å². The van der Waals surface area contributed by atoms with Crippen molar-refractivity contribution in [3.63, 3.8) is 0 Å². The number of hydrogen-bond acceptors (Lipinski definition) is 2. The predicted octanol–water partition coefficient (Wildman–Crippen LogP) is 2.94. The number of aliphatic carboxylic acids is 1. The first-order chi connectivity index (χ1) is 9.39. The minimum absolute atomic E-state index is 0.0155. The summed E-state index contributed by atoms with van der Waals surface area (Å²) < 4.78 is 0. The van der Waals surface area contributed by atoms with Crippen LogP contribution in [0.15, 0.2) is 30.3 Å². The number of benzene rings is 1. The fourth-order valence-corrected chi connectivity index (χ4v) is 4.03. The summed E-state index contributed by atoms with van der Waals surface area (Å²) in [7, 11) is 0. The molecule has 1 aromatic carbocycles. The van der Waals surface area contributed by atoms with Crippen LogP contribution >= 0.6 is 0 Å². The highest BCUT2D eigenvalue weighted by atomic mass is 16.4. The van der Waals surface area contributed by atoms with Crippen molar-refractivity contribution in [3.05, 3.63) is 41.5 Å². The Kier molecular flexibility index (Phi) is 2.80. The number of fused-ring (bicyclic) bond motifs is 2. The summed E-state index contributed by atoms with van der Waals surface area (Å²) >= 11 is 0. The summed E-state index contributed by atoms with van der Waals surface area (Å²) in [5.74, 6) is -0.907. The van der Waals surface area contributed by atoms with E-state index in [1.165, 1.54) is 16.7 Å². The van der Waals surface area contributed by atoms with Gasteiger partial charge in [0.15, 0.2) is 0 Å². The Balaban J connectivity index is 2.01. The van der Waals surface area contributed by atoms with E-state index >= 15 is 0 Å². The highest BCUT2D eigenvalue weighted by Crippen LogP contribution is 2.52. The molecule has 2 aliphatic carbocycles. The maximum absolute atomic E-state index is 11.5. The molecule has 3 unspecified atom stereocenters. The van der Waals surface area contributed by atoms with Crippen molar-refractivity contribution in [2.24, 2.45) is 11.7 Å². The fourth-order valence-electron chi connectivity index (χ4n) is 4.03. The molecule has 0 aromatic heterocycles. The summed E-state index contributed by atoms with van der Waals surface area (Å²) in [5.41, 5.74) is 8.98. The molecule has 0 heterocycles. The summed E-state index contributed by atoms with van der Waals surface area (Å²) in [5, 5.41) is 9.41. The van der Waals surface area contributed by atoms with Crippen LogP contribution in [0.4, 0.5) is 0 Å². The lowest BCUT2D eigenvalue weighted by atomic mass is 9.61. The van der Waals surface area contributed by atoms with Crippen LogP contribution in [0.1, 0.15) is 44.2 Å². The zero-order valence-electron chi connectivity index (χ0n) is 12.0. The number of carboxylic acids is 1. The first-order valence-corrected chi connectivity index (χ1v) is 7.21. The minimum atomic E-state index is -1.08. The van der Waals surface area contributed by atoms with Gasteiger partial charge in [-0.15, -0.1) is 0 Å². The van der Waals surface area contributed by atoms with Gasteiger partial charge in [0.1, 0.15) is 5.54 Å². The Bertz CT molecular complexity index is 607. The molecule has 106 valence electrons. The first kappa shape index (κ1) is 13.4. The van der Waals surface area contributed by atoms with Crippen LogP contribution in [-0.2, 0) is 10.2 Å². The number of rotatable bonds is 1. The molecule has 1 fully saturated rings. The van der Waals surface area contributed by atoms with E-state index in [9.17, 15) is 9.90 Å². The first-order valence-electron chi connectivity index (χ1n) is 7.21. The molecule has 3 N–H and O–H groups in total. The van der Waals surface area contributed by atoms with Gasteiger partial charge in [-0.2, -0.15) is 0 Å². The molecule has 0 bridgehead atoms. The molecule has 0 saturated heterocycles. The average Bonchev–Trinajstić information content (AvgIpc) is 2.68. The van der Waals surface area contributed by atoms with E-state index in [2.05, 4.69) is 37.3 Å². The molecule has 3 rings (SSSR count). The maximum Gasteiger partial charge on any atom is 0.323 e. The van der Waals surface area contributed by atoms with E-state index in [0.29, 0.717) is 6.42 Å². The zero-order valence-corrected chi connectivity index (χ0v) is 12.0. The van der Waals surface area contributed by atoms with Crippen molar-refractivity contribution in [1.82, 2.24) is 0 Å². The highest BCUT2D eigenvalue weighted by molar-refractivity contribution is 5.80. The van der Waals surface area contributed by atoms with E-state index in [-0.39, 0.29) is 11.3 Å². The molecule has 3 heteroatoms. The Hall–Kier alpha value is -1.61. The molecule has 1 saturated carbocycles. The topological polar surface area (TPSA) is 63.3 Å². The molecule has 2 aliphatic rings. The molecular weight excluding hydrogens is 250 g/mol. The Morgan fingerprint density at radius 1 is 1.35 bits per heavy atom. The van der Waals surface area contributed by atoms with Gasteiger partial charge in [0.05, 0.1) is 0 Å². The standard InChI is InChI=1S/C17H21NO2/c1-11-9-16(14-6-4-3-5-13(11)14)7-8-17(18,15(19)20)12(2)10-16/h3-6,9,12H,7-8,10,18H2,1-2H3,(H,19,20). The molecule has 0 amide bonds. The van der Waals surface area contributed by atoms with Crippen molar-refractivity contribution in [2.45, 2.75) is 44.1 Å². The van der Waals surface area contributed by atoms with Gasteiger partial charge in [0.2, 0.25) is 0 Å². The predicted molar refractivity (Wildman–Crippen MR) is 79.3 cm³/mol. The summed E-state index contributed by atoms with van der Waals surface area (Å²) in [6.45, 7) is 4.11. The highest BCUT2D eigenvalue weighted by Gasteiger charge is 2.51. The van der Waals surface area contributed by atoms with Crippen molar-refractivity contribution in [2.75, 3.05) is 0 Å². The molecule has 0 aliphatic heterocycles. The van der Waals surface area contributed by atoms with Gasteiger partial charge in [-0.05, 0) is 48.8 Å². The van der Waals surface area contributed by atoms with Crippen LogP contribution in [0.25, 0.3) is 5.57 Å². The Labute approximate surface area is 119 Å². The average molecular weight is 271 g/mol. The number of allylic oxidation sites excluding steroid dienone is 2. The van der Waals surface area contributed by atoms with Crippen LogP contribution in [0, 0.1) is 5.92 Å². The lowest BCUT2D eigenvalue weighted by Crippen LogP contribution is -2.58. The summed E-state index contributed by atoms with van der Waals surface area (Å²) in [4.78, 5) is 11.5. The van der Waals surface area contributed by atoms with Gasteiger partial charge in [-0.25, -0.2) is 0 Å². The van der Waals surface area contributed by atoms with Gasteiger partial charge in [-0.3, -0.25) is 4.79 Å². The zero-order chi connectivity index (χ0) is 14.5. The van der Waals surface area contributed by atoms with E-state index in [4.69, 9.17) is 5.73 Å². The van der Waals surface area contributed by atoms with Gasteiger partial charge in [-0.1, -0.05) is 37.3 Å². The van der Waals surface area contributed by atoms with Crippen molar-refractivity contribution in [1.29, 1.82) is 0 Å². The lowest BCUT2D eigenvalue weighted by molar-refractivity contribution is -0.147. The Morgan fingerprint density at radius 2 is 2.05 bits per heavy atom. The van der Waals surface area contributed by atoms with Crippen LogP contribution in [0.2, 0.25) is 0 Å². The number of nitrogens with two attached hydrogens (primary N) is 1. The van der Waals surface area contributed by atoms with Crippen LogP contribution in [0.5, 0.6) is 0 Å². The van der Waals surface area contributed by atoms with E-state index in [1.807, 2.05) is 6.92 Å². The second kappa shape index (κ2) is 4.19. The maximum atomic E-state index is 11.5. The molecule has 3 nitrogen and oxygen atoms in total. The minimum Gasteiger partial charge on any atom is -0.480 e. The quantitative estimate of drug-likeness (QED) is 0.825. The number of carboxylic acid groups (broad SMARTS) is 1. The molecular formula is C17H21NO2. The van der Waals surface area contributed by atoms with Crippen LogP contribution in [0.3, 0.4) is 0 Å². The third-order valence-electron chi connectivity index (χ3n) is 5.31. The van der Waals surface area contributed by atoms with Crippen molar-refractivity contribution in [3.8, 4) is 0 Å². The second-order valence-corrected chi connectivity index (χ2v) is 6.48. The molecule has 20 heavy (non-hydrogen) atoms. The molecule has 1 aromatic rings. The van der Waals surface area contributed by atoms with E-state index < -0.39 is 11.5 Å². The normalized spacial score (nSPS) is 35.8. The molecule has 1 spiro atoms. The Morgan fingerprint density at radius 3 is 2.70 bits per heavy atom. The summed E-state index contributed by atoms with van der Waals surface area (Å²) in [6.07, 6.45) is 4.48. The SMILES string of the molecule is CC1=CC2(CCC(N)(C(=O)O)C(C)C2)c2ccccc21. The fraction of sp³-hybridized carbons (Fsp3) is 0.471. The smallest absolute Gasteiger partial charge is 0.323 e. The number of hydrogen-bond donors (Lipinski definition) is 2. The van der Waals surface area contributed by atoms with Gasteiger partial charge >= 0.3 is 5.97 Å². The summed E-state index contributed by atoms with van der Waals surface area (Å²) in [6, 6.07) is 8.46. The van der Waals surface area contributed by atoms with Gasteiger partial charge in [0.25, 0.3) is 0 Å². The second-order valence-electron chi connectivity index (χ2n) is 6.48. The molecule has 0 radical (unpaired) electrons. The van der Waals surface area contributed by atoms with E-state index in [1.54, 1.807) is 0 Å². The van der Waals surface area contributed by atoms with Crippen LogP contribution < -0.4 is 5.73 Å². The van der Waals surface area contributed by atoms with Gasteiger partial charge < -0.3 is 10.8 Å². The van der Waals surface area contributed by atoms with Crippen molar-refractivity contribution < 1.29 is 9.90 Å². The number of carbonyl (C=O) groups is 1. The van der Waals surface area contributed by atoms with E-state index in [0.717, 1.165) is 12.8 Å². The van der Waals surface area contributed by atoms with Gasteiger partial charge in [0, 0.05) is 5.41 Å². The lowest BCUT2D eigenvalue weighted by Gasteiger charge is -2.45. The van der Waals surface area contributed by atoms with Crippen molar-refractivity contribution >= 4 is 11.5 Å². The third kappa shape index (κ3) is 1.66. The monoisotopic (exact) mass is 271 g/mol.